The highest BCUT2D eigenvalue weighted by atomic mass is 32.3. The molecule has 0 heterocycles. The lowest BCUT2D eigenvalue weighted by Crippen LogP contribution is -2.34. The molecule has 2 fully saturated rings. The summed E-state index contributed by atoms with van der Waals surface area (Å²) < 4.78 is 31.8. The summed E-state index contributed by atoms with van der Waals surface area (Å²) in [4.78, 5) is 12.9. The molecule has 7 heteroatoms. The molecule has 0 aliphatic heterocycles. The van der Waals surface area contributed by atoms with E-state index in [1.54, 1.807) is 0 Å². The standard InChI is InChI=1S/C20H28NO.CH4O4S/c1-19(2)17-11-12-20(19,3)18(22)16(17)13-14-7-9-15(10-8-14)21(4,5)6;1-5-6(2,3)4/h7-10,13,17H,11-12H2,1-6H3;1H3,(H,2,3,4)/q+1;/p-1/t17?,20-;/m0./s1. The van der Waals surface area contributed by atoms with Crippen molar-refractivity contribution in [2.24, 2.45) is 16.7 Å². The number of hydrogen-bond acceptors (Lipinski definition) is 5. The third-order valence-electron chi connectivity index (χ3n) is 6.56. The van der Waals surface area contributed by atoms with Gasteiger partial charge < -0.3 is 4.55 Å². The van der Waals surface area contributed by atoms with Crippen LogP contribution in [0.5, 0.6) is 0 Å². The van der Waals surface area contributed by atoms with Crippen molar-refractivity contribution in [3.05, 3.63) is 35.4 Å². The van der Waals surface area contributed by atoms with Crippen molar-refractivity contribution < 1.29 is 21.9 Å². The largest absolute Gasteiger partial charge is 0.726 e. The fourth-order valence-electron chi connectivity index (χ4n) is 4.29. The van der Waals surface area contributed by atoms with Crippen LogP contribution in [0.4, 0.5) is 5.69 Å². The van der Waals surface area contributed by atoms with Crippen molar-refractivity contribution in [2.45, 2.75) is 33.6 Å². The van der Waals surface area contributed by atoms with Crippen molar-refractivity contribution in [3.63, 3.8) is 0 Å². The van der Waals surface area contributed by atoms with E-state index in [1.165, 1.54) is 5.69 Å². The van der Waals surface area contributed by atoms with E-state index in [2.05, 4.69) is 76.4 Å². The van der Waals surface area contributed by atoms with E-state index in [9.17, 15) is 17.8 Å². The molecule has 2 aliphatic carbocycles. The molecule has 0 amide bonds. The SMILES string of the molecule is CC1(C)C2CC[C@@]1(C)C(=O)C2=Cc1ccc([N+](C)(C)C)cc1.COS(=O)(=O)[O-]. The summed E-state index contributed by atoms with van der Waals surface area (Å²) in [7, 11) is 2.88. The fraction of sp³-hybridized carbons (Fsp3) is 0.571. The molecule has 0 radical (unpaired) electrons. The van der Waals surface area contributed by atoms with Crippen LogP contribution in [-0.4, -0.2) is 47.0 Å². The zero-order chi connectivity index (χ0) is 21.5. The van der Waals surface area contributed by atoms with E-state index in [-0.39, 0.29) is 10.8 Å². The molecule has 0 spiro atoms. The van der Waals surface area contributed by atoms with Crippen LogP contribution in [0, 0.1) is 16.7 Å². The summed E-state index contributed by atoms with van der Waals surface area (Å²) in [6.07, 6.45) is 4.33. The van der Waals surface area contributed by atoms with Crippen molar-refractivity contribution in [1.29, 1.82) is 0 Å². The fourth-order valence-corrected chi connectivity index (χ4v) is 4.29. The highest BCUT2D eigenvalue weighted by Crippen LogP contribution is 2.65. The Kier molecular flexibility index (Phi) is 5.99. The van der Waals surface area contributed by atoms with Gasteiger partial charge in [-0.05, 0) is 65.7 Å². The minimum atomic E-state index is -4.41. The van der Waals surface area contributed by atoms with Crippen molar-refractivity contribution in [2.75, 3.05) is 28.3 Å². The number of carbonyl (C=O) groups excluding carboxylic acids is 1. The normalized spacial score (nSPS) is 27.6. The summed E-state index contributed by atoms with van der Waals surface area (Å²) in [5.74, 6) is 0.799. The summed E-state index contributed by atoms with van der Waals surface area (Å²) in [6, 6.07) is 8.61. The Bertz CT molecular complexity index is 878. The zero-order valence-corrected chi connectivity index (χ0v) is 18.6. The number of Topliss-reactive ketones (excluding diaryl/α,β-unsaturated/α-hetero) is 1. The summed E-state index contributed by atoms with van der Waals surface area (Å²) >= 11 is 0. The van der Waals surface area contributed by atoms with Gasteiger partial charge in [0.25, 0.3) is 0 Å². The van der Waals surface area contributed by atoms with E-state index in [4.69, 9.17) is 0 Å². The third-order valence-corrected chi connectivity index (χ3v) is 6.97. The van der Waals surface area contributed by atoms with Crippen molar-refractivity contribution in [3.8, 4) is 0 Å². The Morgan fingerprint density at radius 2 is 1.64 bits per heavy atom. The maximum Gasteiger partial charge on any atom is 0.217 e. The first kappa shape index (κ1) is 22.7. The molecule has 2 bridgehead atoms. The van der Waals surface area contributed by atoms with E-state index in [0.29, 0.717) is 11.7 Å². The lowest BCUT2D eigenvalue weighted by atomic mass is 9.70. The molecule has 3 rings (SSSR count). The predicted octanol–water partition coefficient (Wildman–Crippen LogP) is 3.38. The molecule has 0 saturated heterocycles. The molecule has 1 aromatic rings. The van der Waals surface area contributed by atoms with Gasteiger partial charge in [-0.2, -0.15) is 0 Å². The van der Waals surface area contributed by atoms with E-state index in [1.807, 2.05) is 0 Å². The highest BCUT2D eigenvalue weighted by Gasteiger charge is 2.63. The number of quaternary nitrogens is 1. The molecule has 6 nitrogen and oxygen atoms in total. The van der Waals surface area contributed by atoms with Gasteiger partial charge >= 0.3 is 0 Å². The number of rotatable bonds is 3. The second-order valence-electron chi connectivity index (χ2n) is 9.25. The number of hydrogen-bond donors (Lipinski definition) is 0. The van der Waals surface area contributed by atoms with Gasteiger partial charge in [-0.1, -0.05) is 20.8 Å². The van der Waals surface area contributed by atoms with Crippen LogP contribution in [0.2, 0.25) is 0 Å². The lowest BCUT2D eigenvalue weighted by Gasteiger charge is -2.31. The highest BCUT2D eigenvalue weighted by molar-refractivity contribution is 7.80. The average molecular weight is 410 g/mol. The van der Waals surface area contributed by atoms with Gasteiger partial charge in [0, 0.05) is 5.41 Å². The van der Waals surface area contributed by atoms with Gasteiger partial charge in [0.2, 0.25) is 10.4 Å². The first-order valence-electron chi connectivity index (χ1n) is 9.33. The molecule has 1 aromatic carbocycles. The molecule has 0 aromatic heterocycles. The summed E-state index contributed by atoms with van der Waals surface area (Å²) in [5, 5.41) is 0. The second kappa shape index (κ2) is 7.37. The van der Waals surface area contributed by atoms with Crippen molar-refractivity contribution >= 4 is 27.9 Å². The Labute approximate surface area is 168 Å². The first-order valence-corrected chi connectivity index (χ1v) is 10.7. The number of fused-ring (bicyclic) bond motifs is 2. The maximum atomic E-state index is 12.9. The Hall–Kier alpha value is -1.54. The first-order chi connectivity index (χ1) is 12.6. The average Bonchev–Trinajstić information content (AvgIpc) is 2.88. The van der Waals surface area contributed by atoms with Crippen LogP contribution in [0.3, 0.4) is 0 Å². The molecule has 28 heavy (non-hydrogen) atoms. The Morgan fingerprint density at radius 1 is 1.14 bits per heavy atom. The molecule has 1 unspecified atom stereocenters. The third kappa shape index (κ3) is 4.22. The smallest absolute Gasteiger partial charge is 0.217 e. The lowest BCUT2D eigenvalue weighted by molar-refractivity contribution is -0.125. The van der Waals surface area contributed by atoms with Crippen LogP contribution < -0.4 is 4.48 Å². The quantitative estimate of drug-likeness (QED) is 0.331. The van der Waals surface area contributed by atoms with Crippen LogP contribution in [0.15, 0.2) is 29.8 Å². The number of benzene rings is 1. The van der Waals surface area contributed by atoms with E-state index in [0.717, 1.165) is 35.6 Å². The van der Waals surface area contributed by atoms with Crippen molar-refractivity contribution in [1.82, 2.24) is 4.48 Å². The van der Waals surface area contributed by atoms with Gasteiger partial charge in [-0.25, -0.2) is 8.42 Å². The minimum Gasteiger partial charge on any atom is -0.726 e. The molecule has 156 valence electrons. The molecule has 0 N–H and O–H groups in total. The van der Waals surface area contributed by atoms with Crippen LogP contribution in [0.25, 0.3) is 6.08 Å². The topological polar surface area (TPSA) is 83.5 Å². The van der Waals surface area contributed by atoms with Gasteiger partial charge in [0.05, 0.1) is 28.3 Å². The number of carbonyl (C=O) groups is 1. The minimum absolute atomic E-state index is 0.0954. The Morgan fingerprint density at radius 3 is 2.00 bits per heavy atom. The molecule has 2 atom stereocenters. The van der Waals surface area contributed by atoms with Crippen LogP contribution in [-0.2, 0) is 19.4 Å². The summed E-state index contributed by atoms with van der Waals surface area (Å²) in [6.45, 7) is 6.70. The van der Waals surface area contributed by atoms with Gasteiger partial charge in [-0.15, -0.1) is 0 Å². The van der Waals surface area contributed by atoms with Crippen LogP contribution in [0.1, 0.15) is 39.2 Å². The molecular formula is C21H31NO5S. The maximum absolute atomic E-state index is 12.9. The van der Waals surface area contributed by atoms with Gasteiger partial charge in [-0.3, -0.25) is 13.5 Å². The van der Waals surface area contributed by atoms with Crippen LogP contribution >= 0.6 is 0 Å². The number of allylic oxidation sites excluding steroid dienone is 1. The van der Waals surface area contributed by atoms with Gasteiger partial charge in [0.1, 0.15) is 5.69 Å². The summed E-state index contributed by atoms with van der Waals surface area (Å²) in [5.41, 5.74) is 3.40. The molecule has 2 aliphatic rings. The van der Waals surface area contributed by atoms with E-state index >= 15 is 0 Å². The number of ketones is 1. The zero-order valence-electron chi connectivity index (χ0n) is 17.8. The monoisotopic (exact) mass is 409 g/mol. The number of nitrogens with zero attached hydrogens (tertiary/aromatic N) is 1. The second-order valence-corrected chi connectivity index (χ2v) is 10.4. The van der Waals surface area contributed by atoms with E-state index < -0.39 is 10.4 Å². The Balaban J connectivity index is 0.000000409. The molecule has 2 saturated carbocycles. The predicted molar refractivity (Wildman–Crippen MR) is 110 cm³/mol. The molecular weight excluding hydrogens is 378 g/mol. The van der Waals surface area contributed by atoms with Gasteiger partial charge in [0.15, 0.2) is 5.78 Å².